The highest BCUT2D eigenvalue weighted by Crippen LogP contribution is 2.32. The Kier molecular flexibility index (Phi) is 7.01. The molecule has 1 amide bonds. The summed E-state index contributed by atoms with van der Waals surface area (Å²) in [6, 6.07) is 11.1. The molecule has 7 nitrogen and oxygen atoms in total. The van der Waals surface area contributed by atoms with Crippen LogP contribution in [0.4, 0.5) is 5.82 Å². The van der Waals surface area contributed by atoms with E-state index >= 15 is 0 Å². The van der Waals surface area contributed by atoms with E-state index in [0.29, 0.717) is 11.6 Å². The molecule has 0 aliphatic heterocycles. The molecule has 3 aromatic rings. The monoisotopic (exact) mass is 461 g/mol. The van der Waals surface area contributed by atoms with Crippen molar-refractivity contribution >= 4 is 29.8 Å². The minimum absolute atomic E-state index is 0.0213. The minimum atomic E-state index is -1.10. The highest BCUT2D eigenvalue weighted by atomic mass is 16.4. The van der Waals surface area contributed by atoms with Gasteiger partial charge in [-0.3, -0.25) is 9.69 Å². The van der Waals surface area contributed by atoms with Crippen molar-refractivity contribution in [2.45, 2.75) is 52.5 Å². The van der Waals surface area contributed by atoms with Gasteiger partial charge in [0.1, 0.15) is 11.3 Å². The summed E-state index contributed by atoms with van der Waals surface area (Å²) >= 11 is 0. The van der Waals surface area contributed by atoms with E-state index in [9.17, 15) is 14.7 Å². The van der Waals surface area contributed by atoms with Gasteiger partial charge in [-0.15, -0.1) is 5.10 Å². The topological polar surface area (TPSA) is 88.6 Å². The lowest BCUT2D eigenvalue weighted by molar-refractivity contribution is -0.123. The van der Waals surface area contributed by atoms with Crippen LogP contribution in [0.3, 0.4) is 0 Å². The first-order valence-electron chi connectivity index (χ1n) is 11.8. The number of aromatic carboxylic acids is 1. The normalized spacial score (nSPS) is 18.5. The van der Waals surface area contributed by atoms with Crippen molar-refractivity contribution in [2.75, 3.05) is 4.90 Å². The van der Waals surface area contributed by atoms with Crippen LogP contribution in [0.2, 0.25) is 0 Å². The Balaban J connectivity index is 1.61. The second kappa shape index (κ2) is 10.1. The van der Waals surface area contributed by atoms with E-state index in [4.69, 9.17) is 4.42 Å². The molecule has 1 fully saturated rings. The quantitative estimate of drug-likeness (QED) is 0.473. The molecule has 0 saturated heterocycles. The molecule has 178 valence electrons. The Morgan fingerprint density at radius 3 is 2.41 bits per heavy atom. The van der Waals surface area contributed by atoms with Crippen molar-refractivity contribution in [3.8, 4) is 5.69 Å². The Morgan fingerprint density at radius 2 is 1.82 bits per heavy atom. The molecule has 0 atom stereocenters. The van der Waals surface area contributed by atoms with Gasteiger partial charge in [0.15, 0.2) is 5.82 Å². The fraction of sp³-hybridized carbons (Fsp3) is 0.370. The maximum absolute atomic E-state index is 13.4. The number of carboxylic acids is 1. The summed E-state index contributed by atoms with van der Waals surface area (Å²) in [5.74, 6) is 0.363. The molecule has 1 aromatic carbocycles. The summed E-state index contributed by atoms with van der Waals surface area (Å²) in [4.78, 5) is 27.1. The zero-order chi connectivity index (χ0) is 24.2. The van der Waals surface area contributed by atoms with Crippen molar-refractivity contribution in [1.29, 1.82) is 0 Å². The smallest absolute Gasteiger partial charge is 0.341 e. The molecule has 0 bridgehead atoms. The molecule has 4 rings (SSSR count). The van der Waals surface area contributed by atoms with Gasteiger partial charge >= 0.3 is 5.97 Å². The number of carbonyl (C=O) groups is 2. The van der Waals surface area contributed by atoms with E-state index < -0.39 is 5.97 Å². The van der Waals surface area contributed by atoms with E-state index in [0.717, 1.165) is 37.0 Å². The number of hydrogen-bond acceptors (Lipinski definition) is 4. The van der Waals surface area contributed by atoms with Crippen LogP contribution in [-0.4, -0.2) is 32.8 Å². The predicted molar refractivity (Wildman–Crippen MR) is 132 cm³/mol. The summed E-state index contributed by atoms with van der Waals surface area (Å²) in [6.07, 6.45) is 10.6. The van der Waals surface area contributed by atoms with Gasteiger partial charge in [0.25, 0.3) is 0 Å². The highest BCUT2D eigenvalue weighted by molar-refractivity contribution is 6.01. The molecule has 34 heavy (non-hydrogen) atoms. The van der Waals surface area contributed by atoms with E-state index in [1.165, 1.54) is 10.9 Å². The van der Waals surface area contributed by atoms with E-state index in [2.05, 4.69) is 12.0 Å². The molecular weight excluding hydrogens is 430 g/mol. The van der Waals surface area contributed by atoms with Crippen molar-refractivity contribution in [2.24, 2.45) is 11.8 Å². The van der Waals surface area contributed by atoms with Crippen molar-refractivity contribution in [3.05, 3.63) is 65.7 Å². The molecule has 1 aliphatic rings. The van der Waals surface area contributed by atoms with E-state index in [-0.39, 0.29) is 29.2 Å². The average Bonchev–Trinajstić information content (AvgIpc) is 3.49. The lowest BCUT2D eigenvalue weighted by Crippen LogP contribution is -2.43. The molecule has 0 unspecified atom stereocenters. The predicted octanol–water partition coefficient (Wildman–Crippen LogP) is 5.90. The van der Waals surface area contributed by atoms with Gasteiger partial charge in [0.2, 0.25) is 5.91 Å². The molecule has 1 saturated carbocycles. The molecule has 1 aliphatic carbocycles. The molecule has 0 radical (unpaired) electrons. The molecule has 0 spiro atoms. The first kappa shape index (κ1) is 23.5. The van der Waals surface area contributed by atoms with Gasteiger partial charge in [0, 0.05) is 18.2 Å². The fourth-order valence-electron chi connectivity index (χ4n) is 4.44. The number of benzene rings is 1. The zero-order valence-electron chi connectivity index (χ0n) is 19.8. The summed E-state index contributed by atoms with van der Waals surface area (Å²) in [5, 5.41) is 14.5. The van der Waals surface area contributed by atoms with Crippen LogP contribution in [0.25, 0.3) is 17.8 Å². The lowest BCUT2D eigenvalue weighted by Gasteiger charge is -2.32. The fourth-order valence-corrected chi connectivity index (χ4v) is 4.44. The van der Waals surface area contributed by atoms with Gasteiger partial charge in [-0.25, -0.2) is 9.48 Å². The number of furan rings is 1. The summed E-state index contributed by atoms with van der Waals surface area (Å²) in [5.41, 5.74) is 1.70. The third-order valence-corrected chi connectivity index (χ3v) is 6.41. The van der Waals surface area contributed by atoms with Crippen LogP contribution in [-0.2, 0) is 4.79 Å². The van der Waals surface area contributed by atoms with Gasteiger partial charge in [-0.1, -0.05) is 25.1 Å². The minimum Gasteiger partial charge on any atom is -0.477 e. The summed E-state index contributed by atoms with van der Waals surface area (Å²) in [6.45, 7) is 6.01. The van der Waals surface area contributed by atoms with Crippen molar-refractivity contribution in [1.82, 2.24) is 9.78 Å². The number of amides is 1. The molecule has 2 aromatic heterocycles. The molecule has 2 heterocycles. The third kappa shape index (κ3) is 5.14. The standard InChI is InChI=1S/C27H31N3O4/c1-18(2)30(26(31)21-11-6-19(3)7-12-21)25-24(27(32)33)17-29(28-25)22-13-8-20(9-14-22)10-15-23-5-4-16-34-23/h4-5,8-10,13-19,21H,6-7,11-12H2,1-3H3,(H,32,33)/b15-10+. The zero-order valence-corrected chi connectivity index (χ0v) is 19.8. The van der Waals surface area contributed by atoms with Crippen LogP contribution in [0.1, 0.15) is 68.1 Å². The van der Waals surface area contributed by atoms with Gasteiger partial charge in [-0.05, 0) is 81.4 Å². The highest BCUT2D eigenvalue weighted by Gasteiger charge is 2.34. The Labute approximate surface area is 199 Å². The summed E-state index contributed by atoms with van der Waals surface area (Å²) < 4.78 is 6.84. The third-order valence-electron chi connectivity index (χ3n) is 6.41. The number of nitrogens with zero attached hydrogens (tertiary/aromatic N) is 3. The van der Waals surface area contributed by atoms with Gasteiger partial charge < -0.3 is 9.52 Å². The van der Waals surface area contributed by atoms with Crippen LogP contribution >= 0.6 is 0 Å². The summed E-state index contributed by atoms with van der Waals surface area (Å²) in [7, 11) is 0. The molecule has 7 heteroatoms. The number of anilines is 1. The number of aromatic nitrogens is 2. The average molecular weight is 462 g/mol. The maximum atomic E-state index is 13.4. The maximum Gasteiger partial charge on any atom is 0.341 e. The van der Waals surface area contributed by atoms with Gasteiger partial charge in [0.05, 0.1) is 12.0 Å². The largest absolute Gasteiger partial charge is 0.477 e. The second-order valence-corrected chi connectivity index (χ2v) is 9.32. The Hall–Kier alpha value is -3.61. The number of rotatable bonds is 7. The first-order chi connectivity index (χ1) is 16.3. The number of carbonyl (C=O) groups excluding carboxylic acids is 1. The van der Waals surface area contributed by atoms with Gasteiger partial charge in [-0.2, -0.15) is 0 Å². The second-order valence-electron chi connectivity index (χ2n) is 9.32. The first-order valence-corrected chi connectivity index (χ1v) is 11.8. The Bertz CT molecular complexity index is 1150. The molecular formula is C27H31N3O4. The Morgan fingerprint density at radius 1 is 1.12 bits per heavy atom. The van der Waals surface area contributed by atoms with Crippen LogP contribution in [0.5, 0.6) is 0 Å². The van der Waals surface area contributed by atoms with Crippen molar-refractivity contribution in [3.63, 3.8) is 0 Å². The van der Waals surface area contributed by atoms with Crippen LogP contribution in [0.15, 0.2) is 53.3 Å². The lowest BCUT2D eigenvalue weighted by atomic mass is 9.82. The van der Waals surface area contributed by atoms with Crippen molar-refractivity contribution < 1.29 is 19.1 Å². The SMILES string of the molecule is CC1CCC(C(=O)N(c2nn(-c3ccc(/C=C/c4ccco4)cc3)cc2C(=O)O)C(C)C)CC1. The number of hydrogen-bond donors (Lipinski definition) is 1. The number of carboxylic acid groups (broad SMARTS) is 1. The van der Waals surface area contributed by atoms with E-state index in [1.54, 1.807) is 11.2 Å². The molecule has 1 N–H and O–H groups in total. The van der Waals surface area contributed by atoms with E-state index in [1.807, 2.05) is 62.4 Å². The van der Waals surface area contributed by atoms with Crippen LogP contribution in [0, 0.1) is 11.8 Å². The van der Waals surface area contributed by atoms with Crippen LogP contribution < -0.4 is 4.90 Å².